The molecule has 0 spiro atoms. The van der Waals surface area contributed by atoms with Crippen LogP contribution in [0.1, 0.15) is 12.5 Å². The van der Waals surface area contributed by atoms with Crippen LogP contribution < -0.4 is 5.32 Å². The standard InChI is InChI=1S/C17H16ClNO3S/c1-12(15-5-3-4-6-16(15)18)11-17(20)19-13-7-9-14(10-8-13)23(2,21)22/h3-11H,1-2H3,(H,19,20)/b12-11-. The SMILES string of the molecule is C/C(=C/C(=O)Nc1ccc(S(C)(=O)=O)cc1)c1ccccc1Cl. The predicted molar refractivity (Wildman–Crippen MR) is 93.3 cm³/mol. The molecule has 0 aliphatic carbocycles. The molecule has 4 nitrogen and oxygen atoms in total. The van der Waals surface area contributed by atoms with Crippen LogP contribution in [0, 0.1) is 0 Å². The summed E-state index contributed by atoms with van der Waals surface area (Å²) in [6, 6.07) is 13.3. The number of hydrogen-bond acceptors (Lipinski definition) is 3. The number of sulfone groups is 1. The van der Waals surface area contributed by atoms with Gasteiger partial charge in [-0.1, -0.05) is 29.8 Å². The van der Waals surface area contributed by atoms with E-state index in [4.69, 9.17) is 11.6 Å². The molecule has 0 heterocycles. The zero-order valence-corrected chi connectivity index (χ0v) is 14.3. The number of halogens is 1. The first-order chi connectivity index (χ1) is 10.8. The van der Waals surface area contributed by atoms with Crippen molar-refractivity contribution in [2.45, 2.75) is 11.8 Å². The topological polar surface area (TPSA) is 63.2 Å². The minimum atomic E-state index is -3.25. The molecule has 0 fully saturated rings. The molecule has 0 atom stereocenters. The van der Waals surface area contributed by atoms with E-state index >= 15 is 0 Å². The lowest BCUT2D eigenvalue weighted by molar-refractivity contribution is -0.111. The van der Waals surface area contributed by atoms with Gasteiger partial charge in [0.05, 0.1) is 4.90 Å². The van der Waals surface area contributed by atoms with Crippen molar-refractivity contribution in [2.75, 3.05) is 11.6 Å². The molecule has 2 aromatic carbocycles. The number of allylic oxidation sites excluding steroid dienone is 1. The largest absolute Gasteiger partial charge is 0.323 e. The highest BCUT2D eigenvalue weighted by atomic mass is 35.5. The van der Waals surface area contributed by atoms with Gasteiger partial charge in [0.2, 0.25) is 5.91 Å². The summed E-state index contributed by atoms with van der Waals surface area (Å²) in [6.07, 6.45) is 2.59. The maximum Gasteiger partial charge on any atom is 0.248 e. The molecule has 0 unspecified atom stereocenters. The Morgan fingerprint density at radius 2 is 1.70 bits per heavy atom. The Kier molecular flexibility index (Phi) is 5.23. The van der Waals surface area contributed by atoms with Crippen LogP contribution in [-0.4, -0.2) is 20.6 Å². The van der Waals surface area contributed by atoms with E-state index in [0.29, 0.717) is 10.7 Å². The molecule has 120 valence electrons. The van der Waals surface area contributed by atoms with Crippen LogP contribution in [-0.2, 0) is 14.6 Å². The molecule has 2 rings (SSSR count). The van der Waals surface area contributed by atoms with E-state index in [2.05, 4.69) is 5.32 Å². The molecule has 1 N–H and O–H groups in total. The number of carbonyl (C=O) groups excluding carboxylic acids is 1. The Hall–Kier alpha value is -2.11. The number of amides is 1. The van der Waals surface area contributed by atoms with Gasteiger partial charge in [-0.15, -0.1) is 0 Å². The second-order valence-electron chi connectivity index (χ2n) is 5.09. The Morgan fingerprint density at radius 3 is 2.26 bits per heavy atom. The number of anilines is 1. The molecule has 0 radical (unpaired) electrons. The van der Waals surface area contributed by atoms with E-state index in [1.54, 1.807) is 25.1 Å². The van der Waals surface area contributed by atoms with Gasteiger partial charge >= 0.3 is 0 Å². The first kappa shape index (κ1) is 17.2. The molecule has 0 bridgehead atoms. The van der Waals surface area contributed by atoms with Crippen molar-refractivity contribution < 1.29 is 13.2 Å². The summed E-state index contributed by atoms with van der Waals surface area (Å²) in [6.45, 7) is 1.80. The third kappa shape index (κ3) is 4.68. The van der Waals surface area contributed by atoms with Crippen molar-refractivity contribution in [3.63, 3.8) is 0 Å². The lowest BCUT2D eigenvalue weighted by Crippen LogP contribution is -2.09. The van der Waals surface area contributed by atoms with Crippen LogP contribution in [0.4, 0.5) is 5.69 Å². The maximum atomic E-state index is 12.0. The molecule has 0 aromatic heterocycles. The van der Waals surface area contributed by atoms with E-state index < -0.39 is 9.84 Å². The van der Waals surface area contributed by atoms with Crippen molar-refractivity contribution in [2.24, 2.45) is 0 Å². The van der Waals surface area contributed by atoms with Gasteiger partial charge in [-0.25, -0.2) is 8.42 Å². The van der Waals surface area contributed by atoms with Gasteiger partial charge in [-0.3, -0.25) is 4.79 Å². The fourth-order valence-corrected chi connectivity index (χ4v) is 2.93. The third-order valence-electron chi connectivity index (χ3n) is 3.20. The number of hydrogen-bond donors (Lipinski definition) is 1. The van der Waals surface area contributed by atoms with E-state index in [9.17, 15) is 13.2 Å². The molecule has 0 saturated heterocycles. The number of rotatable bonds is 4. The predicted octanol–water partition coefficient (Wildman–Crippen LogP) is 3.79. The van der Waals surface area contributed by atoms with Gasteiger partial charge in [-0.2, -0.15) is 0 Å². The zero-order chi connectivity index (χ0) is 17.0. The van der Waals surface area contributed by atoms with Crippen molar-refractivity contribution in [3.05, 3.63) is 65.2 Å². The Bertz CT molecular complexity index is 856. The van der Waals surface area contributed by atoms with Crippen molar-refractivity contribution in [3.8, 4) is 0 Å². The fourth-order valence-electron chi connectivity index (χ4n) is 2.02. The maximum absolute atomic E-state index is 12.0. The van der Waals surface area contributed by atoms with Crippen LogP contribution in [0.15, 0.2) is 59.5 Å². The van der Waals surface area contributed by atoms with E-state index in [1.807, 2.05) is 18.2 Å². The summed E-state index contributed by atoms with van der Waals surface area (Å²) in [5.41, 5.74) is 2.04. The Morgan fingerprint density at radius 1 is 1.09 bits per heavy atom. The third-order valence-corrected chi connectivity index (χ3v) is 4.65. The first-order valence-corrected chi connectivity index (χ1v) is 9.08. The summed E-state index contributed by atoms with van der Waals surface area (Å²) >= 11 is 6.09. The number of carbonyl (C=O) groups is 1. The summed E-state index contributed by atoms with van der Waals surface area (Å²) in [4.78, 5) is 12.2. The highest BCUT2D eigenvalue weighted by Gasteiger charge is 2.08. The molecule has 23 heavy (non-hydrogen) atoms. The molecule has 0 aliphatic heterocycles. The van der Waals surface area contributed by atoms with Crippen LogP contribution in [0.2, 0.25) is 5.02 Å². The second kappa shape index (κ2) is 6.98. The zero-order valence-electron chi connectivity index (χ0n) is 12.7. The molecular weight excluding hydrogens is 334 g/mol. The summed E-state index contributed by atoms with van der Waals surface area (Å²) in [7, 11) is -3.25. The molecule has 0 aliphatic rings. The van der Waals surface area contributed by atoms with E-state index in [0.717, 1.165) is 17.4 Å². The minimum Gasteiger partial charge on any atom is -0.323 e. The average molecular weight is 350 g/mol. The van der Waals surface area contributed by atoms with Crippen molar-refractivity contribution in [1.29, 1.82) is 0 Å². The number of nitrogens with one attached hydrogen (secondary N) is 1. The van der Waals surface area contributed by atoms with Gasteiger partial charge in [0, 0.05) is 23.0 Å². The van der Waals surface area contributed by atoms with E-state index in [1.165, 1.54) is 18.2 Å². The van der Waals surface area contributed by atoms with Gasteiger partial charge in [0.25, 0.3) is 0 Å². The molecule has 2 aromatic rings. The molecular formula is C17H16ClNO3S. The van der Waals surface area contributed by atoms with Crippen LogP contribution >= 0.6 is 11.6 Å². The van der Waals surface area contributed by atoms with Crippen molar-refractivity contribution >= 4 is 38.6 Å². The molecule has 1 amide bonds. The van der Waals surface area contributed by atoms with Gasteiger partial charge in [0.1, 0.15) is 0 Å². The quantitative estimate of drug-likeness (QED) is 0.854. The smallest absolute Gasteiger partial charge is 0.248 e. The highest BCUT2D eigenvalue weighted by molar-refractivity contribution is 7.90. The fraction of sp³-hybridized carbons (Fsp3) is 0.118. The van der Waals surface area contributed by atoms with Crippen LogP contribution in [0.5, 0.6) is 0 Å². The number of benzene rings is 2. The van der Waals surface area contributed by atoms with Gasteiger partial charge in [0.15, 0.2) is 9.84 Å². The average Bonchev–Trinajstić information content (AvgIpc) is 2.47. The van der Waals surface area contributed by atoms with Crippen LogP contribution in [0.3, 0.4) is 0 Å². The second-order valence-corrected chi connectivity index (χ2v) is 7.52. The van der Waals surface area contributed by atoms with Crippen molar-refractivity contribution in [1.82, 2.24) is 0 Å². The van der Waals surface area contributed by atoms with Crippen LogP contribution in [0.25, 0.3) is 5.57 Å². The summed E-state index contributed by atoms with van der Waals surface area (Å²) in [5, 5.41) is 3.26. The summed E-state index contributed by atoms with van der Waals surface area (Å²) in [5.74, 6) is -0.311. The van der Waals surface area contributed by atoms with E-state index in [-0.39, 0.29) is 10.8 Å². The summed E-state index contributed by atoms with van der Waals surface area (Å²) < 4.78 is 22.8. The van der Waals surface area contributed by atoms with Gasteiger partial charge < -0.3 is 5.32 Å². The normalized spacial score (nSPS) is 12.0. The Balaban J connectivity index is 2.13. The molecule has 0 saturated carbocycles. The van der Waals surface area contributed by atoms with Gasteiger partial charge in [-0.05, 0) is 48.4 Å². The molecule has 6 heteroatoms. The highest BCUT2D eigenvalue weighted by Crippen LogP contribution is 2.23. The Labute approximate surface area is 140 Å². The first-order valence-electron chi connectivity index (χ1n) is 6.81. The lowest BCUT2D eigenvalue weighted by atomic mass is 10.1. The lowest BCUT2D eigenvalue weighted by Gasteiger charge is -2.06. The monoisotopic (exact) mass is 349 g/mol. The minimum absolute atomic E-state index is 0.207.